The number of aliphatic hydroxyl groups excluding tert-OH is 1. The number of amides is 2. The highest BCUT2D eigenvalue weighted by Gasteiger charge is 2.71. The van der Waals surface area contributed by atoms with Crippen LogP contribution in [0.3, 0.4) is 0 Å². The number of hydrogen-bond acceptors (Lipinski definition) is 4. The van der Waals surface area contributed by atoms with E-state index >= 15 is 0 Å². The van der Waals surface area contributed by atoms with Gasteiger partial charge in [0.25, 0.3) is 11.8 Å². The molecule has 0 aromatic heterocycles. The van der Waals surface area contributed by atoms with Crippen molar-refractivity contribution < 1.29 is 19.4 Å². The molecule has 1 N–H and O–H groups in total. The molecule has 138 valence electrons. The Labute approximate surface area is 161 Å². The quantitative estimate of drug-likeness (QED) is 0.614. The number of likely N-dealkylation sites (tertiary alicyclic amines) is 1. The molecule has 1 aromatic carbocycles. The maximum Gasteiger partial charge on any atom is 0.253 e. The van der Waals surface area contributed by atoms with Crippen molar-refractivity contribution in [2.24, 2.45) is 0 Å². The third-order valence-electron chi connectivity index (χ3n) is 5.00. The molecule has 1 aliphatic heterocycles. The maximum absolute atomic E-state index is 12.9. The third-order valence-corrected chi connectivity index (χ3v) is 6.41. The number of carbonyl (C=O) groups is 2. The number of carbonyl (C=O) groups excluding carboxylic acids is 2. The minimum absolute atomic E-state index is 0.0871. The van der Waals surface area contributed by atoms with E-state index in [1.807, 2.05) is 6.08 Å². The van der Waals surface area contributed by atoms with Crippen LogP contribution in [0.1, 0.15) is 17.9 Å². The van der Waals surface area contributed by atoms with Gasteiger partial charge in [0.05, 0.1) is 6.61 Å². The van der Waals surface area contributed by atoms with Gasteiger partial charge in [0.1, 0.15) is 12.4 Å². The lowest BCUT2D eigenvalue weighted by Gasteiger charge is -2.42. The lowest BCUT2D eigenvalue weighted by Crippen LogP contribution is -2.54. The molecule has 1 aromatic rings. The summed E-state index contributed by atoms with van der Waals surface area (Å²) in [5.41, 5.74) is 1.47. The third kappa shape index (κ3) is 2.49. The van der Waals surface area contributed by atoms with Gasteiger partial charge in [-0.15, -0.1) is 23.2 Å². The van der Waals surface area contributed by atoms with Crippen LogP contribution in [0.25, 0.3) is 0 Å². The Hall–Kier alpha value is -1.82. The summed E-state index contributed by atoms with van der Waals surface area (Å²) < 4.78 is 5.36. The molecule has 5 nitrogen and oxygen atoms in total. The van der Waals surface area contributed by atoms with E-state index in [4.69, 9.17) is 33.0 Å². The van der Waals surface area contributed by atoms with Gasteiger partial charge in [-0.1, -0.05) is 30.9 Å². The summed E-state index contributed by atoms with van der Waals surface area (Å²) in [6.07, 6.45) is 3.60. The summed E-state index contributed by atoms with van der Waals surface area (Å²) in [5.74, 6) is -1.06. The zero-order valence-corrected chi connectivity index (χ0v) is 15.8. The molecular formula is C19H19Cl2NO4. The van der Waals surface area contributed by atoms with Gasteiger partial charge in [0.15, 0.2) is 9.75 Å². The summed E-state index contributed by atoms with van der Waals surface area (Å²) >= 11 is 13.5. The van der Waals surface area contributed by atoms with Crippen LogP contribution in [-0.4, -0.2) is 51.8 Å². The smallest absolute Gasteiger partial charge is 0.253 e. The van der Waals surface area contributed by atoms with Crippen LogP contribution in [0.5, 0.6) is 5.75 Å². The first-order valence-corrected chi connectivity index (χ1v) is 8.93. The fourth-order valence-corrected chi connectivity index (χ4v) is 4.60. The first-order valence-electron chi connectivity index (χ1n) is 8.17. The highest BCUT2D eigenvalue weighted by molar-refractivity contribution is 6.53. The number of alkyl halides is 2. The normalized spacial score (nSPS) is 30.8. The van der Waals surface area contributed by atoms with Crippen LogP contribution in [0, 0.1) is 0 Å². The number of ether oxygens (including phenoxy) is 1. The number of rotatable bonds is 5. The molecule has 0 radical (unpaired) electrons. The molecule has 0 spiro atoms. The van der Waals surface area contributed by atoms with Crippen molar-refractivity contribution in [2.45, 2.75) is 22.1 Å². The van der Waals surface area contributed by atoms with Crippen LogP contribution in [-0.2, 0) is 9.59 Å². The fourth-order valence-electron chi connectivity index (χ4n) is 3.66. The number of halogens is 2. The van der Waals surface area contributed by atoms with Gasteiger partial charge in [-0.05, 0) is 29.7 Å². The summed E-state index contributed by atoms with van der Waals surface area (Å²) in [7, 11) is 1.40. The average Bonchev–Trinajstić information content (AvgIpc) is 2.79. The van der Waals surface area contributed by atoms with Crippen molar-refractivity contribution in [3.05, 3.63) is 54.1 Å². The molecule has 3 atom stereocenters. The van der Waals surface area contributed by atoms with E-state index in [1.54, 1.807) is 30.3 Å². The van der Waals surface area contributed by atoms with Crippen molar-refractivity contribution in [1.29, 1.82) is 0 Å². The lowest BCUT2D eigenvalue weighted by molar-refractivity contribution is -0.137. The first-order chi connectivity index (χ1) is 12.3. The fraction of sp³-hybridized carbons (Fsp3) is 0.368. The number of nitrogens with zero attached hydrogens (tertiary/aromatic N) is 1. The van der Waals surface area contributed by atoms with E-state index in [2.05, 4.69) is 6.58 Å². The molecule has 7 heteroatoms. The largest absolute Gasteiger partial charge is 0.491 e. The molecular weight excluding hydrogens is 377 g/mol. The summed E-state index contributed by atoms with van der Waals surface area (Å²) in [6, 6.07) is 7.00. The number of benzene rings is 1. The van der Waals surface area contributed by atoms with E-state index in [-0.39, 0.29) is 19.6 Å². The highest BCUT2D eigenvalue weighted by Crippen LogP contribution is 2.58. The minimum Gasteiger partial charge on any atom is -0.491 e. The lowest BCUT2D eigenvalue weighted by atomic mass is 9.68. The number of imide groups is 1. The molecule has 1 fully saturated rings. The molecule has 1 aliphatic carbocycles. The van der Waals surface area contributed by atoms with Crippen LogP contribution in [0.2, 0.25) is 0 Å². The average molecular weight is 396 g/mol. The predicted molar refractivity (Wildman–Crippen MR) is 99.6 cm³/mol. The number of allylic oxidation sites excluding steroid dienone is 3. The van der Waals surface area contributed by atoms with Gasteiger partial charge in [0, 0.05) is 13.0 Å². The maximum atomic E-state index is 12.9. The van der Waals surface area contributed by atoms with E-state index in [0.29, 0.717) is 5.75 Å². The minimum atomic E-state index is -1.63. The molecule has 3 unspecified atom stereocenters. The molecule has 0 bridgehead atoms. The summed E-state index contributed by atoms with van der Waals surface area (Å²) in [6.45, 7) is 3.91. The van der Waals surface area contributed by atoms with Crippen molar-refractivity contribution >= 4 is 35.0 Å². The first kappa shape index (κ1) is 19.0. The standard InChI is InChI=1S/C19H19Cl2NO4/c1-3-12-8-9-18(20)16(24)22(2)17(25)19(18,21)15(12)13-4-6-14(7-5-13)26-11-10-23/h3-8,15,23H,1,9-11H2,2H3. The number of hydrogen-bond donors (Lipinski definition) is 1. The van der Waals surface area contributed by atoms with Crippen molar-refractivity contribution in [3.8, 4) is 5.75 Å². The van der Waals surface area contributed by atoms with Crippen LogP contribution < -0.4 is 4.74 Å². The Morgan fingerprint density at radius 1 is 1.31 bits per heavy atom. The second-order valence-electron chi connectivity index (χ2n) is 6.37. The van der Waals surface area contributed by atoms with Gasteiger partial charge in [-0.3, -0.25) is 14.5 Å². The zero-order chi connectivity index (χ0) is 19.1. The molecule has 2 amide bonds. The second kappa shape index (κ2) is 6.72. The van der Waals surface area contributed by atoms with Crippen LogP contribution in [0.15, 0.2) is 48.6 Å². The van der Waals surface area contributed by atoms with Gasteiger partial charge < -0.3 is 9.84 Å². The number of fused-ring (bicyclic) bond motifs is 1. The Morgan fingerprint density at radius 3 is 2.54 bits per heavy atom. The molecule has 3 rings (SSSR count). The zero-order valence-electron chi connectivity index (χ0n) is 14.2. The highest BCUT2D eigenvalue weighted by atomic mass is 35.5. The van der Waals surface area contributed by atoms with Crippen LogP contribution >= 0.6 is 23.2 Å². The second-order valence-corrected chi connectivity index (χ2v) is 7.61. The molecule has 26 heavy (non-hydrogen) atoms. The SMILES string of the molecule is C=CC1=CCC2(Cl)C(=O)N(C)C(=O)C2(Cl)C1c1ccc(OCCO)cc1. The Morgan fingerprint density at radius 2 is 1.96 bits per heavy atom. The Balaban J connectivity index is 2.09. The van der Waals surface area contributed by atoms with Crippen molar-refractivity contribution in [3.63, 3.8) is 0 Å². The van der Waals surface area contributed by atoms with E-state index in [0.717, 1.165) is 16.0 Å². The van der Waals surface area contributed by atoms with Crippen LogP contribution in [0.4, 0.5) is 0 Å². The molecule has 2 aliphatic rings. The van der Waals surface area contributed by atoms with Gasteiger partial charge in [0.2, 0.25) is 0 Å². The Kier molecular flexibility index (Phi) is 4.90. The summed E-state index contributed by atoms with van der Waals surface area (Å²) in [4.78, 5) is 23.4. The van der Waals surface area contributed by atoms with Crippen molar-refractivity contribution in [1.82, 2.24) is 4.90 Å². The monoisotopic (exact) mass is 395 g/mol. The van der Waals surface area contributed by atoms with Gasteiger partial charge in [-0.25, -0.2) is 0 Å². The Bertz CT molecular complexity index is 791. The van der Waals surface area contributed by atoms with Crippen molar-refractivity contribution in [2.75, 3.05) is 20.3 Å². The number of aliphatic hydroxyl groups is 1. The van der Waals surface area contributed by atoms with E-state index < -0.39 is 27.5 Å². The van der Waals surface area contributed by atoms with E-state index in [9.17, 15) is 9.59 Å². The molecule has 1 heterocycles. The summed E-state index contributed by atoms with van der Waals surface area (Å²) in [5, 5.41) is 8.85. The topological polar surface area (TPSA) is 66.8 Å². The predicted octanol–water partition coefficient (Wildman–Crippen LogP) is 2.61. The molecule has 1 saturated heterocycles. The van der Waals surface area contributed by atoms with Gasteiger partial charge >= 0.3 is 0 Å². The molecule has 0 saturated carbocycles. The van der Waals surface area contributed by atoms with Gasteiger partial charge in [-0.2, -0.15) is 0 Å². The van der Waals surface area contributed by atoms with E-state index in [1.165, 1.54) is 7.05 Å².